The van der Waals surface area contributed by atoms with Crippen molar-refractivity contribution in [2.45, 2.75) is 27.2 Å². The summed E-state index contributed by atoms with van der Waals surface area (Å²) in [5, 5.41) is 8.93. The van der Waals surface area contributed by atoms with E-state index in [9.17, 15) is 4.79 Å². The van der Waals surface area contributed by atoms with E-state index in [1.54, 1.807) is 0 Å². The van der Waals surface area contributed by atoms with Crippen LogP contribution in [-0.2, 0) is 4.79 Å². The highest BCUT2D eigenvalue weighted by Gasteiger charge is 2.23. The molecule has 0 heterocycles. The van der Waals surface area contributed by atoms with Crippen LogP contribution in [0.4, 0.5) is 0 Å². The first-order valence-corrected chi connectivity index (χ1v) is 5.48. The molecule has 2 heteroatoms. The number of carboxylic acids is 1. The standard InChI is InChI=1S/C14H18O2/c1-4-14(2,3)12(10-13(15)16)11-8-6-5-7-9-11/h5-10H,4H2,1-3H3,(H,15,16). The van der Waals surface area contributed by atoms with Crippen LogP contribution in [0, 0.1) is 5.41 Å². The molecule has 0 unspecified atom stereocenters. The molecule has 0 bridgehead atoms. The summed E-state index contributed by atoms with van der Waals surface area (Å²) < 4.78 is 0. The van der Waals surface area contributed by atoms with Crippen LogP contribution < -0.4 is 0 Å². The molecule has 1 N–H and O–H groups in total. The van der Waals surface area contributed by atoms with Crippen molar-refractivity contribution in [1.29, 1.82) is 0 Å². The number of hydrogen-bond donors (Lipinski definition) is 1. The molecule has 0 spiro atoms. The molecule has 0 aliphatic heterocycles. The average Bonchev–Trinajstić information content (AvgIpc) is 2.27. The van der Waals surface area contributed by atoms with Crippen LogP contribution in [0.15, 0.2) is 36.4 Å². The van der Waals surface area contributed by atoms with Crippen molar-refractivity contribution in [2.24, 2.45) is 5.41 Å². The molecular formula is C14H18O2. The summed E-state index contributed by atoms with van der Waals surface area (Å²) in [6.45, 7) is 6.20. The molecule has 0 aliphatic carbocycles. The van der Waals surface area contributed by atoms with Gasteiger partial charge in [0.1, 0.15) is 0 Å². The van der Waals surface area contributed by atoms with Crippen LogP contribution in [0.2, 0.25) is 0 Å². The Morgan fingerprint density at radius 2 is 1.88 bits per heavy atom. The Bertz CT molecular complexity index is 388. The molecule has 0 aliphatic rings. The Morgan fingerprint density at radius 3 is 2.31 bits per heavy atom. The third kappa shape index (κ3) is 2.96. The number of hydrogen-bond acceptors (Lipinski definition) is 1. The number of aliphatic carboxylic acids is 1. The predicted molar refractivity (Wildman–Crippen MR) is 66.1 cm³/mol. The van der Waals surface area contributed by atoms with Crippen LogP contribution in [0.5, 0.6) is 0 Å². The molecule has 0 fully saturated rings. The number of allylic oxidation sites excluding steroid dienone is 1. The molecule has 1 aromatic carbocycles. The molecule has 0 saturated carbocycles. The minimum absolute atomic E-state index is 0.125. The third-order valence-electron chi connectivity index (χ3n) is 2.97. The first-order chi connectivity index (χ1) is 7.47. The lowest BCUT2D eigenvalue weighted by atomic mass is 9.78. The fraction of sp³-hybridized carbons (Fsp3) is 0.357. The van der Waals surface area contributed by atoms with Crippen molar-refractivity contribution >= 4 is 11.5 Å². The first-order valence-electron chi connectivity index (χ1n) is 5.48. The summed E-state index contributed by atoms with van der Waals surface area (Å²) in [4.78, 5) is 10.9. The molecule has 0 atom stereocenters. The average molecular weight is 218 g/mol. The van der Waals surface area contributed by atoms with Crippen molar-refractivity contribution in [1.82, 2.24) is 0 Å². The zero-order valence-electron chi connectivity index (χ0n) is 10.0. The maximum atomic E-state index is 10.9. The van der Waals surface area contributed by atoms with E-state index in [4.69, 9.17) is 5.11 Å². The van der Waals surface area contributed by atoms with Gasteiger partial charge >= 0.3 is 5.97 Å². The summed E-state index contributed by atoms with van der Waals surface area (Å²) >= 11 is 0. The highest BCUT2D eigenvalue weighted by atomic mass is 16.4. The molecule has 0 aromatic heterocycles. The molecule has 16 heavy (non-hydrogen) atoms. The van der Waals surface area contributed by atoms with Gasteiger partial charge in [-0.2, -0.15) is 0 Å². The lowest BCUT2D eigenvalue weighted by molar-refractivity contribution is -0.131. The molecule has 1 rings (SSSR count). The minimum atomic E-state index is -0.889. The molecular weight excluding hydrogens is 200 g/mol. The van der Waals surface area contributed by atoms with Gasteiger partial charge in [0.2, 0.25) is 0 Å². The number of rotatable bonds is 4. The Balaban J connectivity index is 3.23. The molecule has 1 aromatic rings. The predicted octanol–water partition coefficient (Wildman–Crippen LogP) is 3.59. The van der Waals surface area contributed by atoms with E-state index >= 15 is 0 Å². The van der Waals surface area contributed by atoms with Gasteiger partial charge in [-0.05, 0) is 23.0 Å². The van der Waals surface area contributed by atoms with Gasteiger partial charge in [0.05, 0.1) is 0 Å². The van der Waals surface area contributed by atoms with E-state index in [0.717, 1.165) is 17.6 Å². The van der Waals surface area contributed by atoms with Crippen LogP contribution >= 0.6 is 0 Å². The van der Waals surface area contributed by atoms with Gasteiger partial charge in [-0.1, -0.05) is 51.1 Å². The summed E-state index contributed by atoms with van der Waals surface area (Å²) in [6.07, 6.45) is 2.22. The summed E-state index contributed by atoms with van der Waals surface area (Å²) in [5.74, 6) is -0.889. The maximum absolute atomic E-state index is 10.9. The van der Waals surface area contributed by atoms with Crippen molar-refractivity contribution in [3.8, 4) is 0 Å². The van der Waals surface area contributed by atoms with Crippen molar-refractivity contribution in [2.75, 3.05) is 0 Å². The molecule has 2 nitrogen and oxygen atoms in total. The van der Waals surface area contributed by atoms with Gasteiger partial charge in [0.25, 0.3) is 0 Å². The quantitative estimate of drug-likeness (QED) is 0.784. The number of benzene rings is 1. The molecule has 0 amide bonds. The van der Waals surface area contributed by atoms with Crippen molar-refractivity contribution in [3.05, 3.63) is 42.0 Å². The third-order valence-corrected chi connectivity index (χ3v) is 2.97. The summed E-state index contributed by atoms with van der Waals surface area (Å²) in [6, 6.07) is 9.69. The van der Waals surface area contributed by atoms with Gasteiger partial charge in [-0.25, -0.2) is 4.79 Å². The van der Waals surface area contributed by atoms with Gasteiger partial charge in [-0.3, -0.25) is 0 Å². The molecule has 86 valence electrons. The summed E-state index contributed by atoms with van der Waals surface area (Å²) in [5.41, 5.74) is 1.74. The lowest BCUT2D eigenvalue weighted by Gasteiger charge is -2.26. The van der Waals surface area contributed by atoms with Gasteiger partial charge in [0.15, 0.2) is 0 Å². The monoisotopic (exact) mass is 218 g/mol. The van der Waals surface area contributed by atoms with Crippen molar-refractivity contribution < 1.29 is 9.90 Å². The Labute approximate surface area is 96.6 Å². The minimum Gasteiger partial charge on any atom is -0.478 e. The Hall–Kier alpha value is -1.57. The van der Waals surface area contributed by atoms with E-state index in [1.807, 2.05) is 30.3 Å². The fourth-order valence-electron chi connectivity index (χ4n) is 1.60. The highest BCUT2D eigenvalue weighted by molar-refractivity contribution is 5.91. The van der Waals surface area contributed by atoms with Gasteiger partial charge in [0, 0.05) is 6.08 Å². The van der Waals surface area contributed by atoms with Crippen LogP contribution in [0.3, 0.4) is 0 Å². The van der Waals surface area contributed by atoms with Crippen molar-refractivity contribution in [3.63, 3.8) is 0 Å². The Morgan fingerprint density at radius 1 is 1.31 bits per heavy atom. The second-order valence-electron chi connectivity index (χ2n) is 4.50. The fourth-order valence-corrected chi connectivity index (χ4v) is 1.60. The second kappa shape index (κ2) is 4.97. The molecule has 0 saturated heterocycles. The highest BCUT2D eigenvalue weighted by Crippen LogP contribution is 2.37. The van der Waals surface area contributed by atoms with E-state index < -0.39 is 5.97 Å². The zero-order chi connectivity index (χ0) is 12.2. The number of carbonyl (C=O) groups is 1. The van der Waals surface area contributed by atoms with E-state index in [2.05, 4.69) is 20.8 Å². The second-order valence-corrected chi connectivity index (χ2v) is 4.50. The van der Waals surface area contributed by atoms with Gasteiger partial charge < -0.3 is 5.11 Å². The van der Waals surface area contributed by atoms with Gasteiger partial charge in [-0.15, -0.1) is 0 Å². The Kier molecular flexibility index (Phi) is 3.88. The molecule has 0 radical (unpaired) electrons. The normalized spacial score (nSPS) is 12.6. The van der Waals surface area contributed by atoms with E-state index in [-0.39, 0.29) is 5.41 Å². The lowest BCUT2D eigenvalue weighted by Crippen LogP contribution is -2.14. The van der Waals surface area contributed by atoms with E-state index in [0.29, 0.717) is 0 Å². The van der Waals surface area contributed by atoms with Crippen LogP contribution in [-0.4, -0.2) is 11.1 Å². The van der Waals surface area contributed by atoms with Crippen LogP contribution in [0.1, 0.15) is 32.8 Å². The zero-order valence-corrected chi connectivity index (χ0v) is 10.0. The summed E-state index contributed by atoms with van der Waals surface area (Å²) in [7, 11) is 0. The topological polar surface area (TPSA) is 37.3 Å². The smallest absolute Gasteiger partial charge is 0.328 e. The number of carboxylic acid groups (broad SMARTS) is 1. The largest absolute Gasteiger partial charge is 0.478 e. The van der Waals surface area contributed by atoms with E-state index in [1.165, 1.54) is 6.08 Å². The first kappa shape index (κ1) is 12.5. The maximum Gasteiger partial charge on any atom is 0.328 e. The SMILES string of the molecule is CCC(C)(C)C(=CC(=O)O)c1ccccc1. The van der Waals surface area contributed by atoms with Crippen LogP contribution in [0.25, 0.3) is 5.57 Å².